The highest BCUT2D eigenvalue weighted by Crippen LogP contribution is 2.04. The van der Waals surface area contributed by atoms with Crippen LogP contribution in [-0.4, -0.2) is 24.4 Å². The molecule has 0 bridgehead atoms. The van der Waals surface area contributed by atoms with E-state index in [1.165, 1.54) is 0 Å². The molecular weight excluding hydrogens is 116 g/mol. The molecular formula is C7H12O2. The summed E-state index contributed by atoms with van der Waals surface area (Å²) in [4.78, 5) is 0. The molecule has 2 nitrogen and oxygen atoms in total. The van der Waals surface area contributed by atoms with Gasteiger partial charge in [-0.3, -0.25) is 0 Å². The number of aliphatic hydroxyl groups excluding tert-OH is 1. The summed E-state index contributed by atoms with van der Waals surface area (Å²) in [5, 5.41) is 8.66. The van der Waals surface area contributed by atoms with Crippen LogP contribution in [0.3, 0.4) is 0 Å². The minimum Gasteiger partial charge on any atom is -0.394 e. The van der Waals surface area contributed by atoms with Crippen LogP contribution in [0.15, 0.2) is 12.2 Å². The van der Waals surface area contributed by atoms with E-state index in [4.69, 9.17) is 9.84 Å². The van der Waals surface area contributed by atoms with Gasteiger partial charge in [0.25, 0.3) is 0 Å². The molecule has 1 aliphatic heterocycles. The molecule has 9 heavy (non-hydrogen) atoms. The molecule has 0 aromatic carbocycles. The second-order valence-electron chi connectivity index (χ2n) is 2.17. The highest BCUT2D eigenvalue weighted by atomic mass is 16.5. The molecule has 1 heterocycles. The molecule has 1 aliphatic rings. The van der Waals surface area contributed by atoms with Crippen molar-refractivity contribution < 1.29 is 9.84 Å². The van der Waals surface area contributed by atoms with E-state index < -0.39 is 0 Å². The lowest BCUT2D eigenvalue weighted by molar-refractivity contribution is 0.0207. The first-order valence-electron chi connectivity index (χ1n) is 3.31. The minimum atomic E-state index is 0.0451. The van der Waals surface area contributed by atoms with Gasteiger partial charge in [-0.1, -0.05) is 12.2 Å². The molecule has 1 atom stereocenters. The van der Waals surface area contributed by atoms with E-state index in [0.29, 0.717) is 0 Å². The summed E-state index contributed by atoms with van der Waals surface area (Å²) in [6, 6.07) is 0. The zero-order valence-corrected chi connectivity index (χ0v) is 5.42. The van der Waals surface area contributed by atoms with Crippen LogP contribution < -0.4 is 0 Å². The number of hydrogen-bond acceptors (Lipinski definition) is 2. The second kappa shape index (κ2) is 3.64. The van der Waals surface area contributed by atoms with Crippen molar-refractivity contribution in [1.82, 2.24) is 0 Å². The number of aliphatic hydroxyl groups is 1. The summed E-state index contributed by atoms with van der Waals surface area (Å²) < 4.78 is 5.24. The van der Waals surface area contributed by atoms with Gasteiger partial charge in [0.2, 0.25) is 0 Å². The lowest BCUT2D eigenvalue weighted by Gasteiger charge is -2.09. The van der Waals surface area contributed by atoms with Crippen LogP contribution in [0.1, 0.15) is 12.8 Å². The molecule has 0 amide bonds. The van der Waals surface area contributed by atoms with E-state index in [0.717, 1.165) is 19.4 Å². The van der Waals surface area contributed by atoms with Gasteiger partial charge < -0.3 is 9.84 Å². The van der Waals surface area contributed by atoms with Crippen LogP contribution in [0, 0.1) is 0 Å². The summed E-state index contributed by atoms with van der Waals surface area (Å²) in [5.41, 5.74) is 0. The first-order valence-corrected chi connectivity index (χ1v) is 3.31. The molecule has 0 saturated heterocycles. The first kappa shape index (κ1) is 6.78. The Morgan fingerprint density at radius 2 is 2.44 bits per heavy atom. The maximum atomic E-state index is 8.66. The molecule has 1 rings (SSSR count). The maximum absolute atomic E-state index is 8.66. The Morgan fingerprint density at radius 3 is 3.22 bits per heavy atom. The van der Waals surface area contributed by atoms with Gasteiger partial charge in [0.1, 0.15) is 0 Å². The van der Waals surface area contributed by atoms with Crippen molar-refractivity contribution in [2.75, 3.05) is 13.2 Å². The van der Waals surface area contributed by atoms with Crippen LogP contribution in [0.25, 0.3) is 0 Å². The predicted octanol–water partition coefficient (Wildman–Crippen LogP) is 0.714. The standard InChI is InChI=1S/C7H12O2/c8-6-7-4-2-1-3-5-9-7/h1-2,7-8H,3-6H2/t7-/m0/s1. The van der Waals surface area contributed by atoms with Crippen LogP contribution in [0.5, 0.6) is 0 Å². The summed E-state index contributed by atoms with van der Waals surface area (Å²) >= 11 is 0. The largest absolute Gasteiger partial charge is 0.394 e. The summed E-state index contributed by atoms with van der Waals surface area (Å²) in [6.45, 7) is 0.895. The van der Waals surface area contributed by atoms with Gasteiger partial charge in [-0.05, 0) is 12.8 Å². The van der Waals surface area contributed by atoms with E-state index >= 15 is 0 Å². The van der Waals surface area contributed by atoms with E-state index in [1.54, 1.807) is 0 Å². The number of ether oxygens (including phenoxy) is 1. The molecule has 2 heteroatoms. The quantitative estimate of drug-likeness (QED) is 0.527. The van der Waals surface area contributed by atoms with E-state index in [9.17, 15) is 0 Å². The third kappa shape index (κ3) is 2.16. The fourth-order valence-corrected chi connectivity index (χ4v) is 0.864. The Kier molecular flexibility index (Phi) is 2.74. The molecule has 0 fully saturated rings. The average molecular weight is 128 g/mol. The zero-order chi connectivity index (χ0) is 6.53. The van der Waals surface area contributed by atoms with Gasteiger partial charge in [-0.25, -0.2) is 0 Å². The van der Waals surface area contributed by atoms with E-state index in [2.05, 4.69) is 12.2 Å². The van der Waals surface area contributed by atoms with Gasteiger partial charge in [-0.2, -0.15) is 0 Å². The van der Waals surface area contributed by atoms with E-state index in [-0.39, 0.29) is 12.7 Å². The van der Waals surface area contributed by atoms with Crippen LogP contribution >= 0.6 is 0 Å². The smallest absolute Gasteiger partial charge is 0.0840 e. The van der Waals surface area contributed by atoms with Crippen molar-refractivity contribution in [3.63, 3.8) is 0 Å². The molecule has 1 N–H and O–H groups in total. The zero-order valence-electron chi connectivity index (χ0n) is 5.42. The van der Waals surface area contributed by atoms with Gasteiger partial charge in [0.15, 0.2) is 0 Å². The van der Waals surface area contributed by atoms with Gasteiger partial charge in [0.05, 0.1) is 19.3 Å². The van der Waals surface area contributed by atoms with Crippen LogP contribution in [-0.2, 0) is 4.74 Å². The third-order valence-corrected chi connectivity index (χ3v) is 1.41. The monoisotopic (exact) mass is 128 g/mol. The lowest BCUT2D eigenvalue weighted by Crippen LogP contribution is -2.15. The van der Waals surface area contributed by atoms with Crippen molar-refractivity contribution in [2.24, 2.45) is 0 Å². The second-order valence-corrected chi connectivity index (χ2v) is 2.17. The fourth-order valence-electron chi connectivity index (χ4n) is 0.864. The molecule has 0 radical (unpaired) electrons. The molecule has 0 aromatic heterocycles. The Morgan fingerprint density at radius 1 is 1.56 bits per heavy atom. The maximum Gasteiger partial charge on any atom is 0.0840 e. The predicted molar refractivity (Wildman–Crippen MR) is 35.2 cm³/mol. The Hall–Kier alpha value is -0.340. The van der Waals surface area contributed by atoms with Gasteiger partial charge in [0, 0.05) is 0 Å². The highest BCUT2D eigenvalue weighted by molar-refractivity contribution is 4.86. The molecule has 52 valence electrons. The molecule has 0 aromatic rings. The highest BCUT2D eigenvalue weighted by Gasteiger charge is 2.06. The fraction of sp³-hybridized carbons (Fsp3) is 0.714. The molecule has 0 spiro atoms. The van der Waals surface area contributed by atoms with Crippen molar-refractivity contribution in [2.45, 2.75) is 18.9 Å². The molecule has 0 aliphatic carbocycles. The number of rotatable bonds is 1. The normalized spacial score (nSPS) is 27.9. The Labute approximate surface area is 55.1 Å². The third-order valence-electron chi connectivity index (χ3n) is 1.41. The summed E-state index contributed by atoms with van der Waals surface area (Å²) in [7, 11) is 0. The summed E-state index contributed by atoms with van der Waals surface area (Å²) in [6.07, 6.45) is 6.04. The Balaban J connectivity index is 2.29. The van der Waals surface area contributed by atoms with Crippen LogP contribution in [0.4, 0.5) is 0 Å². The van der Waals surface area contributed by atoms with E-state index in [1.807, 2.05) is 0 Å². The van der Waals surface area contributed by atoms with Crippen molar-refractivity contribution >= 4 is 0 Å². The lowest BCUT2D eigenvalue weighted by atomic mass is 10.2. The van der Waals surface area contributed by atoms with Crippen LogP contribution in [0.2, 0.25) is 0 Å². The van der Waals surface area contributed by atoms with Gasteiger partial charge >= 0.3 is 0 Å². The average Bonchev–Trinajstić information content (AvgIpc) is 2.13. The molecule has 0 unspecified atom stereocenters. The number of hydrogen-bond donors (Lipinski definition) is 1. The van der Waals surface area contributed by atoms with Crippen molar-refractivity contribution in [1.29, 1.82) is 0 Å². The summed E-state index contributed by atoms with van der Waals surface area (Å²) in [5.74, 6) is 0. The topological polar surface area (TPSA) is 29.5 Å². The minimum absolute atomic E-state index is 0.0451. The van der Waals surface area contributed by atoms with Crippen molar-refractivity contribution in [3.8, 4) is 0 Å². The Bertz CT molecular complexity index is 99.1. The van der Waals surface area contributed by atoms with Crippen molar-refractivity contribution in [3.05, 3.63) is 12.2 Å². The van der Waals surface area contributed by atoms with Gasteiger partial charge in [-0.15, -0.1) is 0 Å². The molecule has 0 saturated carbocycles. The first-order chi connectivity index (χ1) is 4.43. The SMILES string of the molecule is OC[C@@H]1CC=CCCO1.